The topological polar surface area (TPSA) is 59.1 Å². The molecule has 3 rings (SSSR count). The average Bonchev–Trinajstić information content (AvgIpc) is 3.01. The molecule has 0 bridgehead atoms. The van der Waals surface area contributed by atoms with Gasteiger partial charge in [-0.15, -0.1) is 0 Å². The molecule has 1 aliphatic rings. The van der Waals surface area contributed by atoms with E-state index in [1.54, 1.807) is 21.9 Å². The highest BCUT2D eigenvalue weighted by atomic mass is 79.9. The first-order valence-electron chi connectivity index (χ1n) is 11.2. The van der Waals surface area contributed by atoms with E-state index >= 15 is 0 Å². The minimum Gasteiger partial charge on any atom is -0.490 e. The van der Waals surface area contributed by atoms with Gasteiger partial charge in [0.1, 0.15) is 11.5 Å². The molecule has 0 unspecified atom stereocenters. The summed E-state index contributed by atoms with van der Waals surface area (Å²) in [7, 11) is 0. The highest BCUT2D eigenvalue weighted by molar-refractivity contribution is 9.10. The van der Waals surface area contributed by atoms with Crippen LogP contribution in [0, 0.1) is 0 Å². The van der Waals surface area contributed by atoms with Crippen LogP contribution >= 0.6 is 31.9 Å². The number of nitrogens with zero attached hydrogens (tertiary/aromatic N) is 2. The van der Waals surface area contributed by atoms with Crippen molar-refractivity contribution in [2.24, 2.45) is 0 Å². The summed E-state index contributed by atoms with van der Waals surface area (Å²) in [5.74, 6) is 0.958. The smallest absolute Gasteiger partial charge is 0.257 e. The molecule has 8 heteroatoms. The van der Waals surface area contributed by atoms with E-state index < -0.39 is 0 Å². The van der Waals surface area contributed by atoms with Crippen LogP contribution in [-0.2, 0) is 0 Å². The van der Waals surface area contributed by atoms with Gasteiger partial charge in [-0.25, -0.2) is 0 Å². The van der Waals surface area contributed by atoms with Crippen LogP contribution < -0.4 is 9.47 Å². The van der Waals surface area contributed by atoms with Crippen LogP contribution in [0.25, 0.3) is 0 Å². The lowest BCUT2D eigenvalue weighted by atomic mass is 10.1. The van der Waals surface area contributed by atoms with Crippen molar-refractivity contribution in [3.63, 3.8) is 0 Å². The average molecular weight is 582 g/mol. The fraction of sp³-hybridized carbons (Fsp3) is 0.440. The number of amides is 2. The molecule has 1 fully saturated rings. The monoisotopic (exact) mass is 580 g/mol. The van der Waals surface area contributed by atoms with Gasteiger partial charge in [-0.05, 0) is 70.5 Å². The van der Waals surface area contributed by atoms with Gasteiger partial charge in [0.05, 0.1) is 23.3 Å². The molecule has 1 aliphatic heterocycles. The van der Waals surface area contributed by atoms with Crippen molar-refractivity contribution in [3.8, 4) is 11.5 Å². The van der Waals surface area contributed by atoms with E-state index in [4.69, 9.17) is 9.47 Å². The lowest BCUT2D eigenvalue weighted by molar-refractivity contribution is 0.0712. The zero-order valence-corrected chi connectivity index (χ0v) is 22.6. The van der Waals surface area contributed by atoms with Crippen LogP contribution in [0.4, 0.5) is 0 Å². The van der Waals surface area contributed by atoms with E-state index in [1.165, 1.54) is 0 Å². The summed E-state index contributed by atoms with van der Waals surface area (Å²) in [4.78, 5) is 30.3. The van der Waals surface area contributed by atoms with Crippen LogP contribution in [0.15, 0.2) is 45.3 Å². The molecule has 0 atom stereocenters. The summed E-state index contributed by atoms with van der Waals surface area (Å²) in [6.07, 6.45) is 0.616. The number of carbonyl (C=O) groups excluding carboxylic acids is 2. The molecule has 0 aromatic heterocycles. The van der Waals surface area contributed by atoms with Crippen molar-refractivity contribution in [2.75, 3.05) is 26.2 Å². The second-order valence-electron chi connectivity index (χ2n) is 8.55. The SMILES string of the molecule is CC(C)Oc1ccc(Br)cc1C(=O)N1CCCN(C(=O)c2cc(Br)ccc2OC(C)C)CC1. The zero-order chi connectivity index (χ0) is 24.1. The first-order valence-corrected chi connectivity index (χ1v) is 12.7. The van der Waals surface area contributed by atoms with E-state index in [0.717, 1.165) is 8.95 Å². The molecule has 0 spiro atoms. The normalized spacial score (nSPS) is 14.4. The molecule has 6 nitrogen and oxygen atoms in total. The molecule has 0 aliphatic carbocycles. The summed E-state index contributed by atoms with van der Waals surface area (Å²) in [5, 5.41) is 0. The van der Waals surface area contributed by atoms with Crippen LogP contribution in [0.3, 0.4) is 0 Å². The first-order chi connectivity index (χ1) is 15.7. The fourth-order valence-electron chi connectivity index (χ4n) is 3.72. The van der Waals surface area contributed by atoms with Gasteiger partial charge in [0, 0.05) is 35.1 Å². The Morgan fingerprint density at radius 1 is 0.727 bits per heavy atom. The van der Waals surface area contributed by atoms with E-state index in [1.807, 2.05) is 52.0 Å². The van der Waals surface area contributed by atoms with Gasteiger partial charge >= 0.3 is 0 Å². The van der Waals surface area contributed by atoms with Crippen molar-refractivity contribution in [1.82, 2.24) is 9.80 Å². The number of carbonyl (C=O) groups is 2. The number of hydrogen-bond acceptors (Lipinski definition) is 4. The standard InChI is InChI=1S/C25H30Br2N2O4/c1-16(2)32-22-8-6-18(26)14-20(22)24(30)28-10-5-11-29(13-12-28)25(31)21-15-19(27)7-9-23(21)33-17(3)4/h6-9,14-17H,5,10-13H2,1-4H3. The van der Waals surface area contributed by atoms with Gasteiger partial charge < -0.3 is 19.3 Å². The molecule has 33 heavy (non-hydrogen) atoms. The Morgan fingerprint density at radius 3 is 1.48 bits per heavy atom. The maximum absolute atomic E-state index is 13.4. The van der Waals surface area contributed by atoms with Gasteiger partial charge in [-0.3, -0.25) is 9.59 Å². The van der Waals surface area contributed by atoms with Gasteiger partial charge in [0.25, 0.3) is 11.8 Å². The van der Waals surface area contributed by atoms with E-state index in [-0.39, 0.29) is 24.0 Å². The third-order valence-electron chi connectivity index (χ3n) is 5.14. The Hall–Kier alpha value is -2.06. The predicted octanol–water partition coefficient (Wildman–Crippen LogP) is 5.77. The highest BCUT2D eigenvalue weighted by Crippen LogP contribution is 2.28. The Labute approximate surface area is 212 Å². The molecule has 1 heterocycles. The number of rotatable bonds is 6. The van der Waals surface area contributed by atoms with E-state index in [2.05, 4.69) is 31.9 Å². The fourth-order valence-corrected chi connectivity index (χ4v) is 4.44. The van der Waals surface area contributed by atoms with Crippen LogP contribution in [0.2, 0.25) is 0 Å². The second-order valence-corrected chi connectivity index (χ2v) is 10.4. The predicted molar refractivity (Wildman–Crippen MR) is 136 cm³/mol. The second kappa shape index (κ2) is 11.4. The Balaban J connectivity index is 1.77. The molecule has 178 valence electrons. The van der Waals surface area contributed by atoms with Crippen LogP contribution in [0.5, 0.6) is 11.5 Å². The van der Waals surface area contributed by atoms with Crippen molar-refractivity contribution in [1.29, 1.82) is 0 Å². The first kappa shape index (κ1) is 25.6. The van der Waals surface area contributed by atoms with Gasteiger partial charge in [-0.1, -0.05) is 31.9 Å². The quantitative estimate of drug-likeness (QED) is 0.434. The maximum atomic E-state index is 13.4. The minimum absolute atomic E-state index is 0.0394. The van der Waals surface area contributed by atoms with Crippen LogP contribution in [0.1, 0.15) is 54.8 Å². The zero-order valence-electron chi connectivity index (χ0n) is 19.4. The van der Waals surface area contributed by atoms with Crippen molar-refractivity contribution in [3.05, 3.63) is 56.5 Å². The van der Waals surface area contributed by atoms with Crippen molar-refractivity contribution >= 4 is 43.7 Å². The molecular formula is C25H30Br2N2O4. The van der Waals surface area contributed by atoms with Crippen molar-refractivity contribution in [2.45, 2.75) is 46.3 Å². The third-order valence-corrected chi connectivity index (χ3v) is 6.13. The number of halogens is 2. The minimum atomic E-state index is -0.0902. The molecule has 0 radical (unpaired) electrons. The van der Waals surface area contributed by atoms with Gasteiger partial charge in [0.2, 0.25) is 0 Å². The number of ether oxygens (including phenoxy) is 2. The highest BCUT2D eigenvalue weighted by Gasteiger charge is 2.27. The number of benzene rings is 2. The Bertz CT molecular complexity index is 930. The number of hydrogen-bond donors (Lipinski definition) is 0. The lowest BCUT2D eigenvalue weighted by Crippen LogP contribution is -2.37. The summed E-state index contributed by atoms with van der Waals surface area (Å²) in [6.45, 7) is 9.79. The summed E-state index contributed by atoms with van der Waals surface area (Å²) >= 11 is 6.92. The molecule has 1 saturated heterocycles. The largest absolute Gasteiger partial charge is 0.490 e. The summed E-state index contributed by atoms with van der Waals surface area (Å²) in [5.41, 5.74) is 1.05. The molecule has 0 saturated carbocycles. The molecular weight excluding hydrogens is 552 g/mol. The van der Waals surface area contributed by atoms with Crippen LogP contribution in [-0.4, -0.2) is 60.0 Å². The van der Waals surface area contributed by atoms with Crippen molar-refractivity contribution < 1.29 is 19.1 Å². The summed E-state index contributed by atoms with van der Waals surface area (Å²) < 4.78 is 13.4. The Kier molecular flexibility index (Phi) is 8.82. The van der Waals surface area contributed by atoms with E-state index in [0.29, 0.717) is 55.2 Å². The molecule has 0 N–H and O–H groups in total. The lowest BCUT2D eigenvalue weighted by Gasteiger charge is -2.24. The van der Waals surface area contributed by atoms with Gasteiger partial charge in [0.15, 0.2) is 0 Å². The molecule has 2 aromatic carbocycles. The third kappa shape index (κ3) is 6.73. The molecule has 2 aromatic rings. The Morgan fingerprint density at radius 2 is 1.12 bits per heavy atom. The molecule has 2 amide bonds. The van der Waals surface area contributed by atoms with E-state index in [9.17, 15) is 9.59 Å². The van der Waals surface area contributed by atoms with Gasteiger partial charge in [-0.2, -0.15) is 0 Å². The summed E-state index contributed by atoms with van der Waals surface area (Å²) in [6, 6.07) is 11.0. The maximum Gasteiger partial charge on any atom is 0.257 e.